The molecule has 1 aromatic carbocycles. The van der Waals surface area contributed by atoms with E-state index in [4.69, 9.17) is 16.3 Å². The highest BCUT2D eigenvalue weighted by Gasteiger charge is 2.32. The van der Waals surface area contributed by atoms with Crippen LogP contribution in [-0.2, 0) is 16.3 Å². The number of fused-ring (bicyclic) bond motifs is 1. The number of benzene rings is 1. The van der Waals surface area contributed by atoms with Gasteiger partial charge in [0, 0.05) is 12.7 Å². The first-order valence-electron chi connectivity index (χ1n) is 6.25. The van der Waals surface area contributed by atoms with Crippen LogP contribution in [0.2, 0.25) is 0 Å². The molecular formula is C14H19ClO3S. The fourth-order valence-corrected chi connectivity index (χ4v) is 3.58. The highest BCUT2D eigenvalue weighted by atomic mass is 35.5. The van der Waals surface area contributed by atoms with Crippen LogP contribution in [-0.4, -0.2) is 25.5 Å². The van der Waals surface area contributed by atoms with E-state index in [-0.39, 0.29) is 5.60 Å². The van der Waals surface area contributed by atoms with E-state index >= 15 is 0 Å². The lowest BCUT2D eigenvalue weighted by Gasteiger charge is -2.17. The summed E-state index contributed by atoms with van der Waals surface area (Å²) in [5.74, 6) is 0.865. The standard InChI is InChI=1S/C14H19ClO3S/c1-9(19(4,16)17)13(15)10-5-6-12-11(7-10)8-14(2,3)18-12/h5-7,9,13H,8H2,1-4H3. The lowest BCUT2D eigenvalue weighted by atomic mass is 9.99. The van der Waals surface area contributed by atoms with Crippen molar-refractivity contribution in [2.45, 2.75) is 43.4 Å². The average molecular weight is 303 g/mol. The molecule has 0 aromatic heterocycles. The first-order chi connectivity index (χ1) is 8.60. The van der Waals surface area contributed by atoms with Crippen LogP contribution < -0.4 is 4.74 Å². The Balaban J connectivity index is 2.30. The van der Waals surface area contributed by atoms with Gasteiger partial charge in [0.1, 0.15) is 11.4 Å². The summed E-state index contributed by atoms with van der Waals surface area (Å²) in [6.07, 6.45) is 2.03. The zero-order valence-corrected chi connectivity index (χ0v) is 13.2. The van der Waals surface area contributed by atoms with Crippen LogP contribution in [0.4, 0.5) is 0 Å². The molecule has 0 saturated heterocycles. The van der Waals surface area contributed by atoms with Gasteiger partial charge in [0.15, 0.2) is 9.84 Å². The van der Waals surface area contributed by atoms with E-state index in [1.807, 2.05) is 32.0 Å². The molecule has 3 nitrogen and oxygen atoms in total. The third-order valence-corrected chi connectivity index (χ3v) is 5.90. The van der Waals surface area contributed by atoms with Gasteiger partial charge in [-0.3, -0.25) is 0 Å². The molecule has 0 radical (unpaired) electrons. The molecular weight excluding hydrogens is 284 g/mol. The summed E-state index contributed by atoms with van der Waals surface area (Å²) in [5.41, 5.74) is 1.72. The van der Waals surface area contributed by atoms with Crippen LogP contribution in [0.25, 0.3) is 0 Å². The number of alkyl halides is 1. The number of hydrogen-bond acceptors (Lipinski definition) is 3. The maximum absolute atomic E-state index is 11.6. The molecule has 0 fully saturated rings. The van der Waals surface area contributed by atoms with E-state index in [9.17, 15) is 8.42 Å². The van der Waals surface area contributed by atoms with Gasteiger partial charge in [0.25, 0.3) is 0 Å². The predicted octanol–water partition coefficient (Wildman–Crippen LogP) is 3.11. The van der Waals surface area contributed by atoms with Crippen molar-refractivity contribution in [3.05, 3.63) is 29.3 Å². The Hall–Kier alpha value is -0.740. The average Bonchev–Trinajstić information content (AvgIpc) is 2.58. The van der Waals surface area contributed by atoms with Crippen molar-refractivity contribution < 1.29 is 13.2 Å². The van der Waals surface area contributed by atoms with Gasteiger partial charge in [-0.25, -0.2) is 8.42 Å². The van der Waals surface area contributed by atoms with Crippen LogP contribution in [0, 0.1) is 0 Å². The summed E-state index contributed by atoms with van der Waals surface area (Å²) in [7, 11) is -3.15. The minimum Gasteiger partial charge on any atom is -0.487 e. The Labute approximate surface area is 119 Å². The molecule has 5 heteroatoms. The minimum atomic E-state index is -3.15. The minimum absolute atomic E-state index is 0.203. The van der Waals surface area contributed by atoms with Gasteiger partial charge in [0.2, 0.25) is 0 Å². The first-order valence-corrected chi connectivity index (χ1v) is 8.64. The molecule has 1 heterocycles. The Kier molecular flexibility index (Phi) is 3.60. The molecule has 0 bridgehead atoms. The van der Waals surface area contributed by atoms with Gasteiger partial charge in [-0.2, -0.15) is 0 Å². The van der Waals surface area contributed by atoms with Crippen molar-refractivity contribution in [1.82, 2.24) is 0 Å². The van der Waals surface area contributed by atoms with Gasteiger partial charge in [-0.1, -0.05) is 12.1 Å². The molecule has 1 aromatic rings. The Morgan fingerprint density at radius 3 is 2.58 bits per heavy atom. The second-order valence-corrected chi connectivity index (χ2v) is 8.71. The van der Waals surface area contributed by atoms with Gasteiger partial charge in [-0.15, -0.1) is 11.6 Å². The summed E-state index contributed by atoms with van der Waals surface area (Å²) in [5, 5.41) is -1.15. The molecule has 0 amide bonds. The first kappa shape index (κ1) is 14.7. The second-order valence-electron chi connectivity index (χ2n) is 5.84. The van der Waals surface area contributed by atoms with Crippen LogP contribution in [0.1, 0.15) is 37.3 Å². The van der Waals surface area contributed by atoms with E-state index < -0.39 is 20.5 Å². The number of hydrogen-bond donors (Lipinski definition) is 0. The molecule has 0 spiro atoms. The Morgan fingerprint density at radius 2 is 2.00 bits per heavy atom. The Bertz CT molecular complexity index is 593. The molecule has 2 rings (SSSR count). The van der Waals surface area contributed by atoms with Crippen LogP contribution in [0.5, 0.6) is 5.75 Å². The molecule has 1 aliphatic heterocycles. The molecule has 0 aliphatic carbocycles. The summed E-state index contributed by atoms with van der Waals surface area (Å²) in [4.78, 5) is 0. The lowest BCUT2D eigenvalue weighted by molar-refractivity contribution is 0.138. The highest BCUT2D eigenvalue weighted by Crippen LogP contribution is 2.38. The third-order valence-electron chi connectivity index (χ3n) is 3.49. The predicted molar refractivity (Wildman–Crippen MR) is 77.8 cm³/mol. The smallest absolute Gasteiger partial charge is 0.151 e. The Morgan fingerprint density at radius 1 is 1.37 bits per heavy atom. The molecule has 0 saturated carbocycles. The topological polar surface area (TPSA) is 43.4 Å². The van der Waals surface area contributed by atoms with Gasteiger partial charge >= 0.3 is 0 Å². The van der Waals surface area contributed by atoms with Crippen LogP contribution in [0.3, 0.4) is 0 Å². The van der Waals surface area contributed by atoms with Crippen molar-refractivity contribution in [2.24, 2.45) is 0 Å². The molecule has 2 unspecified atom stereocenters. The van der Waals surface area contributed by atoms with Crippen LogP contribution in [0.15, 0.2) is 18.2 Å². The number of sulfone groups is 1. The maximum Gasteiger partial charge on any atom is 0.151 e. The zero-order valence-electron chi connectivity index (χ0n) is 11.6. The monoisotopic (exact) mass is 302 g/mol. The second kappa shape index (κ2) is 4.67. The van der Waals surface area contributed by atoms with Crippen molar-refractivity contribution >= 4 is 21.4 Å². The zero-order chi connectivity index (χ0) is 14.4. The normalized spacial score (nSPS) is 20.5. The number of ether oxygens (including phenoxy) is 1. The molecule has 19 heavy (non-hydrogen) atoms. The lowest BCUT2D eigenvalue weighted by Crippen LogP contribution is -2.24. The summed E-state index contributed by atoms with van der Waals surface area (Å²) < 4.78 is 28.9. The number of halogens is 1. The summed E-state index contributed by atoms with van der Waals surface area (Å²) >= 11 is 6.29. The quantitative estimate of drug-likeness (QED) is 0.806. The fourth-order valence-electron chi connectivity index (χ4n) is 2.29. The van der Waals surface area contributed by atoms with E-state index in [1.54, 1.807) is 6.92 Å². The van der Waals surface area contributed by atoms with Crippen molar-refractivity contribution in [3.63, 3.8) is 0 Å². The van der Waals surface area contributed by atoms with Gasteiger partial charge < -0.3 is 4.74 Å². The van der Waals surface area contributed by atoms with Gasteiger partial charge in [-0.05, 0) is 38.0 Å². The molecule has 1 aliphatic rings. The summed E-state index contributed by atoms with van der Waals surface area (Å²) in [6.45, 7) is 5.70. The highest BCUT2D eigenvalue weighted by molar-refractivity contribution is 7.91. The molecule has 0 N–H and O–H groups in total. The van der Waals surface area contributed by atoms with Gasteiger partial charge in [0.05, 0.1) is 10.6 Å². The maximum atomic E-state index is 11.6. The van der Waals surface area contributed by atoms with E-state index in [0.29, 0.717) is 0 Å². The molecule has 2 atom stereocenters. The van der Waals surface area contributed by atoms with E-state index in [1.165, 1.54) is 6.26 Å². The van der Waals surface area contributed by atoms with Crippen LogP contribution >= 0.6 is 11.6 Å². The largest absolute Gasteiger partial charge is 0.487 e. The van der Waals surface area contributed by atoms with E-state index in [0.717, 1.165) is 23.3 Å². The van der Waals surface area contributed by atoms with Crippen molar-refractivity contribution in [3.8, 4) is 5.75 Å². The summed E-state index contributed by atoms with van der Waals surface area (Å²) in [6, 6.07) is 5.69. The van der Waals surface area contributed by atoms with E-state index in [2.05, 4.69) is 0 Å². The SMILES string of the molecule is CC(C(Cl)c1ccc2c(c1)CC(C)(C)O2)S(C)(=O)=O. The molecule has 106 valence electrons. The van der Waals surface area contributed by atoms with Crippen molar-refractivity contribution in [1.29, 1.82) is 0 Å². The third kappa shape index (κ3) is 3.06. The van der Waals surface area contributed by atoms with Crippen molar-refractivity contribution in [2.75, 3.05) is 6.26 Å². The fraction of sp³-hybridized carbons (Fsp3) is 0.571. The number of rotatable bonds is 3.